The molecule has 0 heterocycles. The lowest BCUT2D eigenvalue weighted by Gasteiger charge is -2.25. The van der Waals surface area contributed by atoms with Crippen molar-refractivity contribution in [3.8, 4) is 0 Å². The Hall–Kier alpha value is -1.69. The maximum atomic E-state index is 12.5. The van der Waals surface area contributed by atoms with Crippen LogP contribution < -0.4 is 11.1 Å². The average Bonchev–Trinajstić information content (AvgIpc) is 2.56. The minimum atomic E-state index is -1.10. The summed E-state index contributed by atoms with van der Waals surface area (Å²) in [5.41, 5.74) is 6.90. The number of nitrogens with two attached hydrogens (primary N) is 1. The van der Waals surface area contributed by atoms with Crippen LogP contribution in [0, 0.1) is 0 Å². The van der Waals surface area contributed by atoms with E-state index in [0.717, 1.165) is 15.6 Å². The van der Waals surface area contributed by atoms with Gasteiger partial charge in [-0.25, -0.2) is 0 Å². The van der Waals surface area contributed by atoms with Gasteiger partial charge in [0.15, 0.2) is 0 Å². The number of hydrogen-bond donors (Lipinski definition) is 2. The van der Waals surface area contributed by atoms with E-state index < -0.39 is 5.54 Å². The summed E-state index contributed by atoms with van der Waals surface area (Å²) in [5, 5.41) is 2.88. The highest BCUT2D eigenvalue weighted by Crippen LogP contribution is 2.21. The minimum absolute atomic E-state index is 0.208. The third-order valence-electron chi connectivity index (χ3n) is 3.82. The molecule has 0 saturated heterocycles. The normalized spacial score (nSPS) is 14.8. The van der Waals surface area contributed by atoms with Crippen molar-refractivity contribution in [3.63, 3.8) is 0 Å². The summed E-state index contributed by atoms with van der Waals surface area (Å²) in [7, 11) is 1.63. The molecule has 0 aliphatic heterocycles. The van der Waals surface area contributed by atoms with Gasteiger partial charge in [0.05, 0.1) is 6.10 Å². The Labute approximate surface area is 145 Å². The Morgan fingerprint density at radius 2 is 1.83 bits per heavy atom. The quantitative estimate of drug-likeness (QED) is 0.813. The largest absolute Gasteiger partial charge is 0.375 e. The molecule has 0 aliphatic carbocycles. The van der Waals surface area contributed by atoms with E-state index in [-0.39, 0.29) is 12.0 Å². The molecule has 3 N–H and O–H groups in total. The molecule has 2 unspecified atom stereocenters. The summed E-state index contributed by atoms with van der Waals surface area (Å²) in [4.78, 5) is 12.5. The molecule has 0 bridgehead atoms. The summed E-state index contributed by atoms with van der Waals surface area (Å²) in [6, 6.07) is 17.2. The maximum absolute atomic E-state index is 12.5. The average molecular weight is 377 g/mol. The Bertz CT molecular complexity index is 642. The molecule has 0 saturated carbocycles. The molecular formula is C18H21BrN2O2. The van der Waals surface area contributed by atoms with Gasteiger partial charge in [0, 0.05) is 18.1 Å². The van der Waals surface area contributed by atoms with Crippen molar-refractivity contribution < 1.29 is 9.53 Å². The number of amides is 1. The summed E-state index contributed by atoms with van der Waals surface area (Å²) >= 11 is 3.38. The molecule has 0 aliphatic rings. The summed E-state index contributed by atoms with van der Waals surface area (Å²) in [6.07, 6.45) is -0.208. The summed E-state index contributed by atoms with van der Waals surface area (Å²) in [6.45, 7) is 2.07. The first-order valence-corrected chi connectivity index (χ1v) is 8.15. The van der Waals surface area contributed by atoms with Gasteiger partial charge in [-0.2, -0.15) is 0 Å². The van der Waals surface area contributed by atoms with Crippen LogP contribution in [0.15, 0.2) is 59.1 Å². The van der Waals surface area contributed by atoms with Crippen molar-refractivity contribution in [2.45, 2.75) is 18.6 Å². The molecule has 5 heteroatoms. The Morgan fingerprint density at radius 3 is 2.39 bits per heavy atom. The van der Waals surface area contributed by atoms with Crippen LogP contribution in [0.25, 0.3) is 0 Å². The van der Waals surface area contributed by atoms with Crippen LogP contribution >= 0.6 is 15.9 Å². The van der Waals surface area contributed by atoms with Gasteiger partial charge in [-0.15, -0.1) is 0 Å². The summed E-state index contributed by atoms with van der Waals surface area (Å²) in [5.74, 6) is -0.238. The number of methoxy groups -OCH3 is 1. The van der Waals surface area contributed by atoms with Crippen LogP contribution in [0.2, 0.25) is 0 Å². The van der Waals surface area contributed by atoms with Gasteiger partial charge in [-0.05, 0) is 30.2 Å². The van der Waals surface area contributed by atoms with Crippen LogP contribution in [0.3, 0.4) is 0 Å². The van der Waals surface area contributed by atoms with E-state index in [1.54, 1.807) is 14.0 Å². The fourth-order valence-electron chi connectivity index (χ4n) is 2.30. The van der Waals surface area contributed by atoms with Crippen LogP contribution in [0.1, 0.15) is 24.2 Å². The number of ether oxygens (including phenoxy) is 1. The first-order valence-electron chi connectivity index (χ1n) is 7.36. The van der Waals surface area contributed by atoms with Crippen molar-refractivity contribution in [2.75, 3.05) is 13.7 Å². The van der Waals surface area contributed by atoms with Gasteiger partial charge in [-0.1, -0.05) is 58.4 Å². The third-order valence-corrected chi connectivity index (χ3v) is 4.35. The van der Waals surface area contributed by atoms with Gasteiger partial charge >= 0.3 is 0 Å². The zero-order chi connectivity index (χ0) is 16.9. The minimum Gasteiger partial charge on any atom is -0.375 e. The summed E-state index contributed by atoms with van der Waals surface area (Å²) < 4.78 is 6.40. The zero-order valence-electron chi connectivity index (χ0n) is 13.3. The van der Waals surface area contributed by atoms with Crippen molar-refractivity contribution in [1.82, 2.24) is 5.32 Å². The second-order valence-electron chi connectivity index (χ2n) is 5.55. The highest BCUT2D eigenvalue weighted by Gasteiger charge is 2.30. The number of nitrogens with one attached hydrogen (secondary N) is 1. The van der Waals surface area contributed by atoms with Crippen LogP contribution in [-0.4, -0.2) is 19.6 Å². The van der Waals surface area contributed by atoms with Gasteiger partial charge in [-0.3, -0.25) is 4.79 Å². The molecule has 4 nitrogen and oxygen atoms in total. The second-order valence-corrected chi connectivity index (χ2v) is 6.47. The van der Waals surface area contributed by atoms with E-state index in [0.29, 0.717) is 6.54 Å². The molecule has 2 rings (SSSR count). The van der Waals surface area contributed by atoms with E-state index in [1.165, 1.54) is 0 Å². The molecule has 2 aromatic carbocycles. The van der Waals surface area contributed by atoms with Crippen LogP contribution in [0.5, 0.6) is 0 Å². The lowest BCUT2D eigenvalue weighted by atomic mass is 9.92. The number of rotatable bonds is 6. The number of benzene rings is 2. The van der Waals surface area contributed by atoms with Crippen LogP contribution in [0.4, 0.5) is 0 Å². The Balaban J connectivity index is 2.04. The molecule has 2 atom stereocenters. The first kappa shape index (κ1) is 17.7. The molecule has 1 amide bonds. The molecule has 23 heavy (non-hydrogen) atoms. The zero-order valence-corrected chi connectivity index (χ0v) is 14.8. The number of hydrogen-bond acceptors (Lipinski definition) is 3. The standard InChI is InChI=1S/C18H21BrN2O2/c1-18(20,14-8-10-15(19)11-9-14)17(22)21-12-16(23-2)13-6-4-3-5-7-13/h3-11,16H,12,20H2,1-2H3,(H,21,22). The molecule has 0 radical (unpaired) electrons. The van der Waals surface area contributed by atoms with Crippen molar-refractivity contribution >= 4 is 21.8 Å². The van der Waals surface area contributed by atoms with Crippen LogP contribution in [-0.2, 0) is 15.1 Å². The topological polar surface area (TPSA) is 64.3 Å². The Kier molecular flexibility index (Phi) is 5.93. The van der Waals surface area contributed by atoms with Gasteiger partial charge in [0.1, 0.15) is 5.54 Å². The van der Waals surface area contributed by atoms with Gasteiger partial charge in [0.25, 0.3) is 0 Å². The fraction of sp³-hybridized carbons (Fsp3) is 0.278. The van der Waals surface area contributed by atoms with E-state index in [4.69, 9.17) is 10.5 Å². The third kappa shape index (κ3) is 4.41. The lowest BCUT2D eigenvalue weighted by Crippen LogP contribution is -2.49. The molecule has 0 aromatic heterocycles. The fourth-order valence-corrected chi connectivity index (χ4v) is 2.57. The highest BCUT2D eigenvalue weighted by atomic mass is 79.9. The first-order chi connectivity index (χ1) is 10.9. The highest BCUT2D eigenvalue weighted by molar-refractivity contribution is 9.10. The molecule has 0 fully saturated rings. The molecule has 2 aromatic rings. The van der Waals surface area contributed by atoms with E-state index >= 15 is 0 Å². The van der Waals surface area contributed by atoms with Crippen molar-refractivity contribution in [3.05, 3.63) is 70.2 Å². The van der Waals surface area contributed by atoms with Gasteiger partial charge in [0.2, 0.25) is 5.91 Å². The SMILES string of the molecule is COC(CNC(=O)C(C)(N)c1ccc(Br)cc1)c1ccccc1. The number of halogens is 1. The predicted octanol–water partition coefficient (Wildman–Crippen LogP) is 3.13. The molecule has 0 spiro atoms. The van der Waals surface area contributed by atoms with Crippen molar-refractivity contribution in [2.24, 2.45) is 5.73 Å². The number of carbonyl (C=O) groups is 1. The number of carbonyl (C=O) groups excluding carboxylic acids is 1. The van der Waals surface area contributed by atoms with E-state index in [9.17, 15) is 4.79 Å². The molecular weight excluding hydrogens is 356 g/mol. The molecule has 122 valence electrons. The van der Waals surface area contributed by atoms with E-state index in [1.807, 2.05) is 54.6 Å². The second kappa shape index (κ2) is 7.73. The predicted molar refractivity (Wildman–Crippen MR) is 94.9 cm³/mol. The lowest BCUT2D eigenvalue weighted by molar-refractivity contribution is -0.126. The van der Waals surface area contributed by atoms with Gasteiger partial charge < -0.3 is 15.8 Å². The van der Waals surface area contributed by atoms with Crippen molar-refractivity contribution in [1.29, 1.82) is 0 Å². The Morgan fingerprint density at radius 1 is 1.22 bits per heavy atom. The van der Waals surface area contributed by atoms with E-state index in [2.05, 4.69) is 21.2 Å². The monoisotopic (exact) mass is 376 g/mol. The smallest absolute Gasteiger partial charge is 0.244 e. The maximum Gasteiger partial charge on any atom is 0.244 e.